The van der Waals surface area contributed by atoms with Gasteiger partial charge in [-0.3, -0.25) is 13.9 Å². The highest BCUT2D eigenvalue weighted by Crippen LogP contribution is 2.38. The van der Waals surface area contributed by atoms with Crippen molar-refractivity contribution in [3.63, 3.8) is 0 Å². The Morgan fingerprint density at radius 2 is 2.14 bits per heavy atom. The van der Waals surface area contributed by atoms with Gasteiger partial charge in [-0.05, 0) is 37.0 Å². The number of rotatable bonds is 6. The Bertz CT molecular complexity index is 1530. The number of hydrogen-bond donors (Lipinski definition) is 2. The van der Waals surface area contributed by atoms with Crippen LogP contribution in [0.25, 0.3) is 11.0 Å². The Morgan fingerprint density at radius 3 is 2.78 bits per heavy atom. The van der Waals surface area contributed by atoms with Crippen molar-refractivity contribution in [2.45, 2.75) is 24.9 Å². The summed E-state index contributed by atoms with van der Waals surface area (Å²) in [4.78, 5) is 31.0. The zero-order valence-electron chi connectivity index (χ0n) is 20.4. The molecule has 2 aromatic heterocycles. The van der Waals surface area contributed by atoms with Crippen LogP contribution in [0.5, 0.6) is 0 Å². The molecular weight excluding hydrogens is 510 g/mol. The van der Waals surface area contributed by atoms with Gasteiger partial charge in [0, 0.05) is 30.9 Å². The first-order chi connectivity index (χ1) is 17.9. The van der Waals surface area contributed by atoms with Crippen LogP contribution in [0.1, 0.15) is 40.5 Å². The molecule has 0 atom stereocenters. The van der Waals surface area contributed by atoms with Crippen LogP contribution in [0.15, 0.2) is 43.1 Å². The summed E-state index contributed by atoms with van der Waals surface area (Å²) in [7, 11) is 1.70. The van der Waals surface area contributed by atoms with Gasteiger partial charge >= 0.3 is 0 Å². The second kappa shape index (κ2) is 9.80. The summed E-state index contributed by atoms with van der Waals surface area (Å²) in [5, 5.41) is 8.21. The lowest BCUT2D eigenvalue weighted by molar-refractivity contribution is -0.123. The predicted molar refractivity (Wildman–Crippen MR) is 142 cm³/mol. The summed E-state index contributed by atoms with van der Waals surface area (Å²) in [6.07, 6.45) is 7.33. The van der Waals surface area contributed by atoms with Gasteiger partial charge in [-0.15, -0.1) is 0 Å². The maximum atomic E-state index is 12.5. The first kappa shape index (κ1) is 24.7. The van der Waals surface area contributed by atoms with Crippen molar-refractivity contribution in [1.82, 2.24) is 23.9 Å². The minimum atomic E-state index is -1.52. The van der Waals surface area contributed by atoms with E-state index in [-0.39, 0.29) is 17.2 Å². The molecule has 3 aromatic rings. The van der Waals surface area contributed by atoms with Crippen LogP contribution in [0, 0.1) is 11.8 Å². The standard InChI is InChI=1S/C25H25ClN7O3Si/c1-4-22(34)32-14-37(12-17(32)11-36-3)33-25(28-2)23(24(27)35)19(30-33)8-5-15-9-20-21(10-18(15)26)31(13-29-20)16-6-7-16/h4,9-11,13,16,28H,1,6-7,12,14H2,2-3H3,(H2,27,35)/b17-11+. The number of nitrogens with zero attached hydrogens (tertiary/aromatic N) is 5. The minimum absolute atomic E-state index is 0.188. The lowest BCUT2D eigenvalue weighted by atomic mass is 10.1. The number of halogens is 1. The van der Waals surface area contributed by atoms with E-state index in [0.29, 0.717) is 34.7 Å². The predicted octanol–water partition coefficient (Wildman–Crippen LogP) is 2.66. The molecule has 189 valence electrons. The highest BCUT2D eigenvalue weighted by atomic mass is 35.5. The first-order valence-corrected chi connectivity index (χ1v) is 13.9. The maximum absolute atomic E-state index is 12.5. The van der Waals surface area contributed by atoms with Gasteiger partial charge in [-0.25, -0.2) is 4.98 Å². The number of methoxy groups -OCH3 is 1. The highest BCUT2D eigenvalue weighted by molar-refractivity contribution is 6.60. The van der Waals surface area contributed by atoms with Crippen molar-refractivity contribution in [2.24, 2.45) is 5.73 Å². The molecule has 10 nitrogen and oxygen atoms in total. The largest absolute Gasteiger partial charge is 0.503 e. The number of nitrogens with one attached hydrogen (secondary N) is 1. The van der Waals surface area contributed by atoms with Gasteiger partial charge < -0.3 is 25.3 Å². The van der Waals surface area contributed by atoms with Crippen molar-refractivity contribution >= 4 is 49.2 Å². The smallest absolute Gasteiger partial charge is 0.255 e. The molecule has 2 amide bonds. The van der Waals surface area contributed by atoms with Crippen molar-refractivity contribution in [3.8, 4) is 11.8 Å². The fourth-order valence-corrected chi connectivity index (χ4v) is 7.27. The molecule has 1 radical (unpaired) electrons. The number of carbonyl (C=O) groups is 2. The number of carbonyl (C=O) groups excluding carboxylic acids is 2. The van der Waals surface area contributed by atoms with E-state index in [2.05, 4.69) is 38.4 Å². The summed E-state index contributed by atoms with van der Waals surface area (Å²) in [5.74, 6) is 5.62. The lowest BCUT2D eigenvalue weighted by Gasteiger charge is -2.16. The van der Waals surface area contributed by atoms with Crippen LogP contribution in [0.4, 0.5) is 5.82 Å². The molecule has 3 heterocycles. The highest BCUT2D eigenvalue weighted by Gasteiger charge is 2.37. The van der Waals surface area contributed by atoms with E-state index in [9.17, 15) is 9.59 Å². The Balaban J connectivity index is 1.53. The molecule has 5 rings (SSSR count). The number of nitrogens with two attached hydrogens (primary N) is 1. The Kier molecular flexibility index (Phi) is 6.53. The first-order valence-electron chi connectivity index (χ1n) is 11.7. The number of aromatic nitrogens is 4. The van der Waals surface area contributed by atoms with E-state index in [0.717, 1.165) is 29.6 Å². The van der Waals surface area contributed by atoms with Gasteiger partial charge in [-0.1, -0.05) is 24.1 Å². The van der Waals surface area contributed by atoms with E-state index in [1.54, 1.807) is 22.6 Å². The Morgan fingerprint density at radius 1 is 1.35 bits per heavy atom. The molecule has 1 aliphatic carbocycles. The topological polar surface area (TPSA) is 120 Å². The van der Waals surface area contributed by atoms with Crippen molar-refractivity contribution < 1.29 is 14.3 Å². The number of hydrogen-bond acceptors (Lipinski definition) is 6. The number of imidazole rings is 1. The van der Waals surface area contributed by atoms with Gasteiger partial charge in [0.2, 0.25) is 14.9 Å². The minimum Gasteiger partial charge on any atom is -0.503 e. The molecule has 1 aliphatic heterocycles. The SMILES string of the molecule is C=CC(=O)N1C[Si](n2nc(C#Cc3cc4ncn(C5CC5)c4cc3Cl)c(C(N)=O)c2NC)C/C1=C\OC. The van der Waals surface area contributed by atoms with Crippen molar-refractivity contribution in [1.29, 1.82) is 0 Å². The number of allylic oxidation sites excluding steroid dienone is 1. The number of ether oxygens (including phenoxy) is 1. The van der Waals surface area contributed by atoms with Gasteiger partial charge in [-0.2, -0.15) is 5.10 Å². The summed E-state index contributed by atoms with van der Waals surface area (Å²) in [6, 6.07) is 4.74. The zero-order chi connectivity index (χ0) is 26.3. The maximum Gasteiger partial charge on any atom is 0.255 e. The van der Waals surface area contributed by atoms with Gasteiger partial charge in [0.15, 0.2) is 0 Å². The molecule has 3 N–H and O–H groups in total. The van der Waals surface area contributed by atoms with E-state index >= 15 is 0 Å². The second-order valence-corrected chi connectivity index (χ2v) is 11.4. The third kappa shape index (κ3) is 4.50. The Labute approximate surface area is 220 Å². The fraction of sp³-hybridized carbons (Fsp3) is 0.280. The van der Waals surface area contributed by atoms with E-state index < -0.39 is 14.9 Å². The molecule has 0 unspecified atom stereocenters. The molecule has 12 heteroatoms. The molecule has 37 heavy (non-hydrogen) atoms. The van der Waals surface area contributed by atoms with Crippen molar-refractivity contribution in [3.05, 3.63) is 64.9 Å². The summed E-state index contributed by atoms with van der Waals surface area (Å²) in [5.41, 5.74) is 9.25. The van der Waals surface area contributed by atoms with E-state index in [1.807, 2.05) is 18.5 Å². The molecular formula is C25H25ClN7O3Si. The average Bonchev–Trinajstić information content (AvgIpc) is 3.33. The number of primary amides is 1. The van der Waals surface area contributed by atoms with Crippen LogP contribution >= 0.6 is 11.6 Å². The molecule has 2 aliphatic rings. The number of anilines is 1. The molecule has 0 spiro atoms. The van der Waals surface area contributed by atoms with E-state index in [1.165, 1.54) is 13.2 Å². The summed E-state index contributed by atoms with van der Waals surface area (Å²) >= 11 is 6.57. The fourth-order valence-electron chi connectivity index (χ4n) is 4.47. The van der Waals surface area contributed by atoms with Crippen LogP contribution in [0.2, 0.25) is 11.1 Å². The van der Waals surface area contributed by atoms with E-state index in [4.69, 9.17) is 22.1 Å². The molecule has 0 bridgehead atoms. The third-order valence-electron chi connectivity index (χ3n) is 6.35. The molecule has 1 aromatic carbocycles. The number of fused-ring (bicyclic) bond motifs is 1. The third-order valence-corrected chi connectivity index (χ3v) is 9.04. The molecule has 1 saturated carbocycles. The van der Waals surface area contributed by atoms with Crippen LogP contribution in [-0.4, -0.2) is 65.0 Å². The zero-order valence-corrected chi connectivity index (χ0v) is 22.2. The summed E-state index contributed by atoms with van der Waals surface area (Å²) in [6.45, 7) is 3.59. The molecule has 1 saturated heterocycles. The monoisotopic (exact) mass is 534 g/mol. The average molecular weight is 535 g/mol. The lowest BCUT2D eigenvalue weighted by Crippen LogP contribution is -2.34. The molecule has 2 fully saturated rings. The van der Waals surface area contributed by atoms with Gasteiger partial charge in [0.05, 0.1) is 35.2 Å². The number of benzene rings is 1. The summed E-state index contributed by atoms with van der Waals surface area (Å²) < 4.78 is 9.06. The normalized spacial score (nSPS) is 16.6. The van der Waals surface area contributed by atoms with Gasteiger partial charge in [0.25, 0.3) is 5.91 Å². The van der Waals surface area contributed by atoms with Crippen molar-refractivity contribution in [2.75, 3.05) is 25.6 Å². The van der Waals surface area contributed by atoms with Crippen LogP contribution in [0.3, 0.4) is 0 Å². The second-order valence-electron chi connectivity index (χ2n) is 8.77. The van der Waals surface area contributed by atoms with Gasteiger partial charge in [0.1, 0.15) is 23.3 Å². The number of amides is 2. The van der Waals surface area contributed by atoms with Crippen LogP contribution < -0.4 is 11.1 Å². The quantitative estimate of drug-likeness (QED) is 0.217. The Hall–Kier alpha value is -4.01. The van der Waals surface area contributed by atoms with Crippen LogP contribution in [-0.2, 0) is 9.53 Å².